The maximum Gasteiger partial charge on any atom is 0.293 e. The molecule has 7 heteroatoms. The van der Waals surface area contributed by atoms with Gasteiger partial charge in [-0.2, -0.15) is 0 Å². The van der Waals surface area contributed by atoms with E-state index >= 15 is 0 Å². The zero-order valence-electron chi connectivity index (χ0n) is 14.2. The van der Waals surface area contributed by atoms with Crippen molar-refractivity contribution in [1.82, 2.24) is 14.5 Å². The fourth-order valence-electron chi connectivity index (χ4n) is 3.06. The van der Waals surface area contributed by atoms with Crippen molar-refractivity contribution in [2.75, 3.05) is 16.8 Å². The maximum atomic E-state index is 12.7. The summed E-state index contributed by atoms with van der Waals surface area (Å²) in [7, 11) is 1.68. The number of carbonyl (C=O) groups is 1. The Bertz CT molecular complexity index is 1030. The number of amides is 1. The molecule has 1 aliphatic heterocycles. The number of aryl methyl sites for hydroxylation is 1. The summed E-state index contributed by atoms with van der Waals surface area (Å²) in [6.45, 7) is 0.623. The lowest BCUT2D eigenvalue weighted by molar-refractivity contribution is 0.0989. The summed E-state index contributed by atoms with van der Waals surface area (Å²) in [5.74, 6) is 0.215. The number of aromatic nitrogens is 3. The summed E-state index contributed by atoms with van der Waals surface area (Å²) < 4.78 is 1.47. The number of pyridine rings is 1. The van der Waals surface area contributed by atoms with Crippen molar-refractivity contribution >= 4 is 23.1 Å². The van der Waals surface area contributed by atoms with Crippen molar-refractivity contribution in [3.63, 3.8) is 0 Å². The third kappa shape index (κ3) is 2.83. The Morgan fingerprint density at radius 1 is 1.23 bits per heavy atom. The number of carbonyl (C=O) groups excluding carboxylic acids is 1. The lowest BCUT2D eigenvalue weighted by Gasteiger charge is -2.17. The van der Waals surface area contributed by atoms with Gasteiger partial charge in [0.1, 0.15) is 0 Å². The molecule has 3 heterocycles. The lowest BCUT2D eigenvalue weighted by Crippen LogP contribution is -2.28. The molecule has 1 amide bonds. The Morgan fingerprint density at radius 2 is 2.12 bits per heavy atom. The third-order valence-electron chi connectivity index (χ3n) is 4.41. The van der Waals surface area contributed by atoms with E-state index in [1.54, 1.807) is 48.9 Å². The third-order valence-corrected chi connectivity index (χ3v) is 4.41. The second-order valence-corrected chi connectivity index (χ2v) is 6.11. The molecule has 0 atom stereocenters. The normalized spacial score (nSPS) is 12.7. The molecule has 26 heavy (non-hydrogen) atoms. The topological polar surface area (TPSA) is 80.1 Å². The first-order valence-corrected chi connectivity index (χ1v) is 8.27. The van der Waals surface area contributed by atoms with Gasteiger partial charge >= 0.3 is 0 Å². The van der Waals surface area contributed by atoms with E-state index in [1.165, 1.54) is 4.57 Å². The smallest absolute Gasteiger partial charge is 0.293 e. The van der Waals surface area contributed by atoms with Crippen molar-refractivity contribution in [1.29, 1.82) is 0 Å². The highest BCUT2D eigenvalue weighted by molar-refractivity contribution is 6.07. The van der Waals surface area contributed by atoms with Gasteiger partial charge in [0.25, 0.3) is 11.5 Å². The van der Waals surface area contributed by atoms with Crippen LogP contribution in [0.4, 0.5) is 17.2 Å². The summed E-state index contributed by atoms with van der Waals surface area (Å²) >= 11 is 0. The van der Waals surface area contributed by atoms with Crippen molar-refractivity contribution in [3.05, 3.63) is 76.6 Å². The van der Waals surface area contributed by atoms with Gasteiger partial charge in [-0.25, -0.2) is 4.98 Å². The first-order valence-electron chi connectivity index (χ1n) is 8.27. The van der Waals surface area contributed by atoms with E-state index < -0.39 is 0 Å². The average molecular weight is 347 g/mol. The van der Waals surface area contributed by atoms with Crippen LogP contribution in [0.5, 0.6) is 0 Å². The van der Waals surface area contributed by atoms with Crippen LogP contribution in [0.25, 0.3) is 0 Å². The van der Waals surface area contributed by atoms with E-state index in [-0.39, 0.29) is 17.3 Å². The summed E-state index contributed by atoms with van der Waals surface area (Å²) in [6, 6.07) is 9.22. The van der Waals surface area contributed by atoms with Gasteiger partial charge in [0, 0.05) is 49.8 Å². The first-order chi connectivity index (χ1) is 12.6. The highest BCUT2D eigenvalue weighted by Gasteiger charge is 2.25. The number of fused-ring (bicyclic) bond motifs is 1. The van der Waals surface area contributed by atoms with Crippen molar-refractivity contribution in [2.45, 2.75) is 6.42 Å². The molecule has 4 rings (SSSR count). The maximum absolute atomic E-state index is 12.7. The zero-order valence-corrected chi connectivity index (χ0v) is 14.2. The van der Waals surface area contributed by atoms with E-state index in [0.717, 1.165) is 23.4 Å². The molecule has 0 spiro atoms. The fourth-order valence-corrected chi connectivity index (χ4v) is 3.06. The number of nitrogens with one attached hydrogen (secondary N) is 1. The molecule has 0 saturated heterocycles. The monoisotopic (exact) mass is 347 g/mol. The molecule has 130 valence electrons. The van der Waals surface area contributed by atoms with Crippen LogP contribution in [0.15, 0.2) is 59.9 Å². The van der Waals surface area contributed by atoms with E-state index in [4.69, 9.17) is 0 Å². The molecule has 0 saturated carbocycles. The minimum absolute atomic E-state index is 0.0591. The summed E-state index contributed by atoms with van der Waals surface area (Å²) in [5.41, 5.74) is 3.09. The van der Waals surface area contributed by atoms with Crippen LogP contribution in [0.2, 0.25) is 0 Å². The molecule has 1 N–H and O–H groups in total. The Labute approximate surface area is 150 Å². The van der Waals surface area contributed by atoms with Crippen LogP contribution in [0.3, 0.4) is 0 Å². The standard InChI is InChI=1S/C19H17N5O2/c1-23-10-8-21-17(19(23)26)22-15-4-5-16-13(11-15)6-9-24(16)18(25)14-3-2-7-20-12-14/h2-5,7-8,10-12H,6,9H2,1H3,(H,21,22). The summed E-state index contributed by atoms with van der Waals surface area (Å²) in [6.07, 6.45) is 7.17. The molecule has 0 aliphatic carbocycles. The average Bonchev–Trinajstić information content (AvgIpc) is 3.09. The van der Waals surface area contributed by atoms with Gasteiger partial charge in [-0.1, -0.05) is 0 Å². The van der Waals surface area contributed by atoms with Crippen LogP contribution in [0.1, 0.15) is 15.9 Å². The minimum atomic E-state index is -0.193. The minimum Gasteiger partial charge on any atom is -0.336 e. The Morgan fingerprint density at radius 3 is 2.92 bits per heavy atom. The van der Waals surface area contributed by atoms with Gasteiger partial charge in [-0.3, -0.25) is 14.6 Å². The highest BCUT2D eigenvalue weighted by Crippen LogP contribution is 2.32. The van der Waals surface area contributed by atoms with Gasteiger partial charge < -0.3 is 14.8 Å². The molecule has 0 fully saturated rings. The fraction of sp³-hybridized carbons (Fsp3) is 0.158. The second-order valence-electron chi connectivity index (χ2n) is 6.11. The van der Waals surface area contributed by atoms with E-state index in [2.05, 4.69) is 15.3 Å². The number of nitrogens with zero attached hydrogens (tertiary/aromatic N) is 4. The molecule has 0 bridgehead atoms. The Balaban J connectivity index is 1.60. The van der Waals surface area contributed by atoms with Gasteiger partial charge in [-0.05, 0) is 42.3 Å². The zero-order chi connectivity index (χ0) is 18.1. The molecule has 3 aromatic rings. The molecule has 1 aliphatic rings. The Kier molecular flexibility index (Phi) is 3.96. The van der Waals surface area contributed by atoms with Crippen LogP contribution in [0, 0.1) is 0 Å². The van der Waals surface area contributed by atoms with Crippen molar-refractivity contribution < 1.29 is 4.79 Å². The molecule has 1 aromatic carbocycles. The number of hydrogen-bond donors (Lipinski definition) is 1. The Hall–Kier alpha value is -3.48. The highest BCUT2D eigenvalue weighted by atomic mass is 16.2. The van der Waals surface area contributed by atoms with Gasteiger partial charge in [0.15, 0.2) is 5.82 Å². The van der Waals surface area contributed by atoms with Gasteiger partial charge in [-0.15, -0.1) is 0 Å². The van der Waals surface area contributed by atoms with Crippen molar-refractivity contribution in [3.8, 4) is 0 Å². The summed E-state index contributed by atoms with van der Waals surface area (Å²) in [5, 5.41) is 3.06. The van der Waals surface area contributed by atoms with E-state index in [1.807, 2.05) is 18.2 Å². The predicted octanol–water partition coefficient (Wildman–Crippen LogP) is 2.12. The number of rotatable bonds is 3. The largest absolute Gasteiger partial charge is 0.336 e. The number of anilines is 3. The number of hydrogen-bond acceptors (Lipinski definition) is 5. The molecular weight excluding hydrogens is 330 g/mol. The van der Waals surface area contributed by atoms with E-state index in [0.29, 0.717) is 12.1 Å². The lowest BCUT2D eigenvalue weighted by atomic mass is 10.1. The number of benzene rings is 1. The molecule has 2 aromatic heterocycles. The van der Waals surface area contributed by atoms with Gasteiger partial charge in [0.2, 0.25) is 0 Å². The molecule has 0 radical (unpaired) electrons. The van der Waals surface area contributed by atoms with Crippen molar-refractivity contribution in [2.24, 2.45) is 7.05 Å². The predicted molar refractivity (Wildman–Crippen MR) is 98.8 cm³/mol. The molecule has 7 nitrogen and oxygen atoms in total. The van der Waals surface area contributed by atoms with E-state index in [9.17, 15) is 9.59 Å². The van der Waals surface area contributed by atoms with Crippen LogP contribution >= 0.6 is 0 Å². The second kappa shape index (κ2) is 6.44. The quantitative estimate of drug-likeness (QED) is 0.785. The molecular formula is C19H17N5O2. The van der Waals surface area contributed by atoms with Gasteiger partial charge in [0.05, 0.1) is 5.56 Å². The van der Waals surface area contributed by atoms with Crippen LogP contribution in [-0.4, -0.2) is 27.0 Å². The van der Waals surface area contributed by atoms with Crippen LogP contribution < -0.4 is 15.8 Å². The first kappa shape index (κ1) is 16.0. The SMILES string of the molecule is Cn1ccnc(Nc2ccc3c(c2)CCN3C(=O)c2cccnc2)c1=O. The molecule has 0 unspecified atom stereocenters. The summed E-state index contributed by atoms with van der Waals surface area (Å²) in [4.78, 5) is 34.6. The van der Waals surface area contributed by atoms with Crippen LogP contribution in [-0.2, 0) is 13.5 Å².